The van der Waals surface area contributed by atoms with Crippen molar-refractivity contribution in [3.05, 3.63) is 47.5 Å². The maximum absolute atomic E-state index is 14.0. The number of ether oxygens (including phenoxy) is 3. The lowest BCUT2D eigenvalue weighted by atomic mass is 10.2. The molecule has 2 aliphatic heterocycles. The average Bonchev–Trinajstić information content (AvgIpc) is 3.50. The molecular formula is C30H40ClN5O7S2. The lowest BCUT2D eigenvalue weighted by Crippen LogP contribution is -2.50. The smallest absolute Gasteiger partial charge is 0.409 e. The number of morpholine rings is 1. The third-order valence-electron chi connectivity index (χ3n) is 7.85. The molecule has 45 heavy (non-hydrogen) atoms. The van der Waals surface area contributed by atoms with Crippen molar-refractivity contribution in [3.63, 3.8) is 0 Å². The molecule has 5 rings (SSSR count). The van der Waals surface area contributed by atoms with Crippen LogP contribution in [0.5, 0.6) is 5.75 Å². The summed E-state index contributed by atoms with van der Waals surface area (Å²) >= 11 is 1.44. The van der Waals surface area contributed by atoms with Crippen LogP contribution in [0, 0.1) is 6.92 Å². The summed E-state index contributed by atoms with van der Waals surface area (Å²) in [5.74, 6) is 0.390. The van der Waals surface area contributed by atoms with Crippen LogP contribution in [0.1, 0.15) is 29.3 Å². The highest BCUT2D eigenvalue weighted by Crippen LogP contribution is 2.37. The molecule has 2 saturated heterocycles. The maximum atomic E-state index is 14.0. The molecule has 0 saturated carbocycles. The molecule has 2 aromatic carbocycles. The van der Waals surface area contributed by atoms with Crippen LogP contribution < -0.4 is 9.64 Å². The molecule has 2 fully saturated rings. The highest BCUT2D eigenvalue weighted by molar-refractivity contribution is 7.89. The van der Waals surface area contributed by atoms with Gasteiger partial charge in [-0.15, -0.1) is 12.4 Å². The largest absolute Gasteiger partial charge is 0.494 e. The van der Waals surface area contributed by atoms with Crippen molar-refractivity contribution < 1.29 is 32.2 Å². The number of hydrogen-bond acceptors (Lipinski definition) is 10. The molecule has 3 heterocycles. The van der Waals surface area contributed by atoms with Gasteiger partial charge in [0.25, 0.3) is 5.91 Å². The first-order valence-electron chi connectivity index (χ1n) is 14.8. The predicted octanol–water partition coefficient (Wildman–Crippen LogP) is 3.87. The minimum absolute atomic E-state index is 0. The molecule has 0 unspecified atom stereocenters. The van der Waals surface area contributed by atoms with Crippen LogP contribution in [0.15, 0.2) is 41.3 Å². The highest BCUT2D eigenvalue weighted by Gasteiger charge is 2.31. The number of nitrogens with zero attached hydrogens (tertiary/aromatic N) is 5. The van der Waals surface area contributed by atoms with Gasteiger partial charge in [0.1, 0.15) is 11.3 Å². The molecule has 0 aliphatic carbocycles. The zero-order valence-corrected chi connectivity index (χ0v) is 28.2. The number of carbonyl (C=O) groups is 2. The number of benzene rings is 2. The van der Waals surface area contributed by atoms with Gasteiger partial charge >= 0.3 is 6.09 Å². The van der Waals surface area contributed by atoms with Crippen molar-refractivity contribution in [2.24, 2.45) is 0 Å². The van der Waals surface area contributed by atoms with Crippen molar-refractivity contribution in [2.75, 3.05) is 84.2 Å². The molecule has 3 aromatic rings. The van der Waals surface area contributed by atoms with E-state index in [1.54, 1.807) is 31.1 Å². The summed E-state index contributed by atoms with van der Waals surface area (Å²) in [5.41, 5.74) is 2.12. The van der Waals surface area contributed by atoms with E-state index < -0.39 is 16.1 Å². The van der Waals surface area contributed by atoms with Crippen LogP contribution in [-0.4, -0.2) is 119 Å². The number of hydrogen-bond donors (Lipinski definition) is 0. The summed E-state index contributed by atoms with van der Waals surface area (Å²) in [7, 11) is -2.20. The number of aromatic nitrogens is 1. The topological polar surface area (TPSA) is 122 Å². The number of anilines is 1. The first-order chi connectivity index (χ1) is 21.2. The summed E-state index contributed by atoms with van der Waals surface area (Å²) in [6.07, 6.45) is 0.297. The molecule has 15 heteroatoms. The lowest BCUT2D eigenvalue weighted by molar-refractivity contribution is 0.0376. The molecule has 0 spiro atoms. The molecule has 246 valence electrons. The van der Waals surface area contributed by atoms with Crippen molar-refractivity contribution in [3.8, 4) is 5.75 Å². The molecule has 0 atom stereocenters. The van der Waals surface area contributed by atoms with Crippen LogP contribution in [0.2, 0.25) is 0 Å². The van der Waals surface area contributed by atoms with Gasteiger partial charge in [-0.1, -0.05) is 17.4 Å². The number of thiazole rings is 1. The van der Waals surface area contributed by atoms with Gasteiger partial charge in [0.15, 0.2) is 5.13 Å². The minimum Gasteiger partial charge on any atom is -0.494 e. The number of methoxy groups -OCH3 is 1. The van der Waals surface area contributed by atoms with Crippen LogP contribution in [0.4, 0.5) is 9.93 Å². The summed E-state index contributed by atoms with van der Waals surface area (Å²) < 4.78 is 45.1. The van der Waals surface area contributed by atoms with Crippen LogP contribution in [0.3, 0.4) is 0 Å². The number of carbonyl (C=O) groups excluding carboxylic acids is 2. The third kappa shape index (κ3) is 7.87. The Bertz CT molecular complexity index is 1570. The molecule has 0 radical (unpaired) electrons. The second kappa shape index (κ2) is 15.5. The van der Waals surface area contributed by atoms with Gasteiger partial charge in [0.2, 0.25) is 10.0 Å². The SMILES string of the molecule is CCOC(=O)N1CCN(S(=O)(=O)c2ccc(C(=O)N(CCCN3CCOCC3)c3nc4c(OC)ccc(C)c4s3)cc2)CC1.Cl. The Hall–Kier alpha value is -3.01. The minimum atomic E-state index is -3.81. The second-order valence-corrected chi connectivity index (χ2v) is 13.6. The van der Waals surface area contributed by atoms with Gasteiger partial charge in [-0.25, -0.2) is 18.2 Å². The molecule has 2 aliphatic rings. The zero-order valence-electron chi connectivity index (χ0n) is 25.8. The van der Waals surface area contributed by atoms with Crippen molar-refractivity contribution >= 4 is 61.1 Å². The summed E-state index contributed by atoms with van der Waals surface area (Å²) in [4.78, 5) is 36.4. The number of sulfonamides is 1. The molecule has 0 bridgehead atoms. The van der Waals surface area contributed by atoms with Gasteiger partial charge in [-0.3, -0.25) is 14.6 Å². The van der Waals surface area contributed by atoms with Crippen LogP contribution in [-0.2, 0) is 19.5 Å². The van der Waals surface area contributed by atoms with Crippen molar-refractivity contribution in [1.82, 2.24) is 19.1 Å². The molecule has 12 nitrogen and oxygen atoms in total. The second-order valence-electron chi connectivity index (χ2n) is 10.6. The van der Waals surface area contributed by atoms with Crippen LogP contribution >= 0.6 is 23.7 Å². The maximum Gasteiger partial charge on any atom is 0.409 e. The zero-order chi connectivity index (χ0) is 31.3. The van der Waals surface area contributed by atoms with E-state index in [0.717, 1.165) is 36.3 Å². The number of piperazine rings is 1. The number of amides is 2. The Labute approximate surface area is 274 Å². The van der Waals surface area contributed by atoms with E-state index in [9.17, 15) is 18.0 Å². The van der Waals surface area contributed by atoms with Gasteiger partial charge in [-0.2, -0.15) is 4.31 Å². The van der Waals surface area contributed by atoms with Gasteiger partial charge < -0.3 is 19.1 Å². The Balaban J connectivity index is 0.00000461. The van der Waals surface area contributed by atoms with Gasteiger partial charge in [-0.05, 0) is 56.2 Å². The molecular weight excluding hydrogens is 642 g/mol. The quantitative estimate of drug-likeness (QED) is 0.314. The van der Waals surface area contributed by atoms with E-state index in [1.165, 1.54) is 32.7 Å². The van der Waals surface area contributed by atoms with Crippen LogP contribution in [0.25, 0.3) is 10.2 Å². The molecule has 1 aromatic heterocycles. The Morgan fingerprint density at radius 1 is 1.02 bits per heavy atom. The van der Waals surface area contributed by atoms with E-state index in [-0.39, 0.29) is 56.0 Å². The van der Waals surface area contributed by atoms with E-state index in [2.05, 4.69) is 4.90 Å². The van der Waals surface area contributed by atoms with Crippen molar-refractivity contribution in [1.29, 1.82) is 0 Å². The predicted molar refractivity (Wildman–Crippen MR) is 176 cm³/mol. The van der Waals surface area contributed by atoms with Crippen molar-refractivity contribution in [2.45, 2.75) is 25.2 Å². The normalized spacial score (nSPS) is 16.3. The Morgan fingerprint density at radius 3 is 2.36 bits per heavy atom. The first-order valence-corrected chi connectivity index (χ1v) is 17.1. The fourth-order valence-electron chi connectivity index (χ4n) is 5.34. The monoisotopic (exact) mass is 681 g/mol. The number of fused-ring (bicyclic) bond motifs is 1. The standard InChI is InChI=1S/C30H39N5O7S2.ClH/c1-4-42-30(37)33-14-16-34(17-15-33)44(38,39)24-9-7-23(8-10-24)28(36)35(13-5-12-32-18-20-41-21-19-32)29-31-26-25(40-3)11-6-22(2)27(26)43-29;/h6-11H,4-5,12-21H2,1-3H3;1H. The Morgan fingerprint density at radius 2 is 1.71 bits per heavy atom. The fraction of sp³-hybridized carbons (Fsp3) is 0.500. The lowest BCUT2D eigenvalue weighted by Gasteiger charge is -2.33. The van der Waals surface area contributed by atoms with E-state index >= 15 is 0 Å². The average molecular weight is 682 g/mol. The summed E-state index contributed by atoms with van der Waals surface area (Å²) in [6, 6.07) is 9.90. The van der Waals surface area contributed by atoms with Gasteiger partial charge in [0.05, 0.1) is 36.5 Å². The van der Waals surface area contributed by atoms with E-state index in [1.807, 2.05) is 19.1 Å². The fourth-order valence-corrected chi connectivity index (χ4v) is 7.84. The van der Waals surface area contributed by atoms with E-state index in [4.69, 9.17) is 19.2 Å². The highest BCUT2D eigenvalue weighted by atomic mass is 35.5. The molecule has 0 N–H and O–H groups in total. The number of rotatable bonds is 10. The number of halogens is 1. The molecule has 2 amide bonds. The summed E-state index contributed by atoms with van der Waals surface area (Å²) in [6.45, 7) is 9.23. The van der Waals surface area contributed by atoms with E-state index in [0.29, 0.717) is 41.7 Å². The third-order valence-corrected chi connectivity index (χ3v) is 11.0. The number of aryl methyl sites for hydroxylation is 1. The Kier molecular flexibility index (Phi) is 12.0. The van der Waals surface area contributed by atoms with Gasteiger partial charge in [0, 0.05) is 57.9 Å². The first kappa shape index (κ1) is 34.9. The summed E-state index contributed by atoms with van der Waals surface area (Å²) in [5, 5.41) is 0.566.